The summed E-state index contributed by atoms with van der Waals surface area (Å²) in [5, 5.41) is 6.80. The van der Waals surface area contributed by atoms with Crippen LogP contribution in [-0.4, -0.2) is 48.1 Å². The van der Waals surface area contributed by atoms with Crippen molar-refractivity contribution >= 4 is 5.96 Å². The van der Waals surface area contributed by atoms with Crippen molar-refractivity contribution in [1.82, 2.24) is 20.5 Å². The average Bonchev–Trinajstić information content (AvgIpc) is 3.20. The molecule has 6 heteroatoms. The van der Waals surface area contributed by atoms with Gasteiger partial charge in [-0.2, -0.15) is 0 Å². The van der Waals surface area contributed by atoms with E-state index >= 15 is 0 Å². The predicted molar refractivity (Wildman–Crippen MR) is 114 cm³/mol. The van der Waals surface area contributed by atoms with Crippen LogP contribution in [0, 0.1) is 5.92 Å². The molecular formula is C22H33N5O. The topological polar surface area (TPSA) is 65.7 Å². The largest absolute Gasteiger partial charge is 0.444 e. The van der Waals surface area contributed by atoms with Crippen molar-refractivity contribution in [3.05, 3.63) is 42.3 Å². The van der Waals surface area contributed by atoms with Gasteiger partial charge >= 0.3 is 0 Å². The number of aliphatic imine (C=N–C) groups is 1. The fourth-order valence-electron chi connectivity index (χ4n) is 3.44. The van der Waals surface area contributed by atoms with Gasteiger partial charge in [0.2, 0.25) is 5.89 Å². The number of hydrogen-bond donors (Lipinski definition) is 2. The SMILES string of the molecule is CCNC(=NCc1coc(-c2ccccc2)n1)NCC(C)N1CCC(C)CC1. The summed E-state index contributed by atoms with van der Waals surface area (Å²) >= 11 is 0. The Kier molecular flexibility index (Phi) is 7.48. The van der Waals surface area contributed by atoms with Gasteiger partial charge in [-0.25, -0.2) is 9.98 Å². The van der Waals surface area contributed by atoms with Crippen LogP contribution in [0.2, 0.25) is 0 Å². The van der Waals surface area contributed by atoms with Crippen molar-refractivity contribution in [3.63, 3.8) is 0 Å². The maximum atomic E-state index is 5.60. The Balaban J connectivity index is 1.53. The van der Waals surface area contributed by atoms with Crippen molar-refractivity contribution in [2.45, 2.75) is 46.2 Å². The van der Waals surface area contributed by atoms with Gasteiger partial charge in [-0.05, 0) is 57.8 Å². The Hall–Kier alpha value is -2.34. The van der Waals surface area contributed by atoms with Gasteiger partial charge in [-0.1, -0.05) is 25.1 Å². The first kappa shape index (κ1) is 20.4. The van der Waals surface area contributed by atoms with Gasteiger partial charge in [-0.3, -0.25) is 4.90 Å². The molecule has 1 unspecified atom stereocenters. The zero-order valence-electron chi connectivity index (χ0n) is 17.3. The number of nitrogens with one attached hydrogen (secondary N) is 2. The summed E-state index contributed by atoms with van der Waals surface area (Å²) in [5.74, 6) is 2.32. The van der Waals surface area contributed by atoms with Crippen LogP contribution in [0.5, 0.6) is 0 Å². The maximum absolute atomic E-state index is 5.60. The number of hydrogen-bond acceptors (Lipinski definition) is 4. The number of piperidine rings is 1. The molecule has 2 aromatic rings. The van der Waals surface area contributed by atoms with Crippen LogP contribution in [0.4, 0.5) is 0 Å². The fraction of sp³-hybridized carbons (Fsp3) is 0.545. The first-order valence-electron chi connectivity index (χ1n) is 10.4. The number of benzene rings is 1. The molecular weight excluding hydrogens is 350 g/mol. The van der Waals surface area contributed by atoms with Crippen molar-refractivity contribution in [1.29, 1.82) is 0 Å². The Labute approximate surface area is 168 Å². The highest BCUT2D eigenvalue weighted by Crippen LogP contribution is 2.19. The normalized spacial score (nSPS) is 17.5. The first-order valence-corrected chi connectivity index (χ1v) is 10.4. The average molecular weight is 384 g/mol. The molecule has 1 aromatic heterocycles. The number of aromatic nitrogens is 1. The van der Waals surface area contributed by atoms with Crippen LogP contribution in [0.1, 0.15) is 39.3 Å². The number of rotatable bonds is 7. The van der Waals surface area contributed by atoms with E-state index in [0.29, 0.717) is 18.5 Å². The lowest BCUT2D eigenvalue weighted by atomic mass is 9.98. The first-order chi connectivity index (χ1) is 13.7. The van der Waals surface area contributed by atoms with E-state index in [1.165, 1.54) is 25.9 Å². The third-order valence-electron chi connectivity index (χ3n) is 5.32. The minimum Gasteiger partial charge on any atom is -0.444 e. The molecule has 0 amide bonds. The second kappa shape index (κ2) is 10.3. The van der Waals surface area contributed by atoms with Gasteiger partial charge in [-0.15, -0.1) is 0 Å². The second-order valence-electron chi connectivity index (χ2n) is 7.65. The third kappa shape index (κ3) is 5.83. The van der Waals surface area contributed by atoms with Crippen molar-refractivity contribution in [2.24, 2.45) is 10.9 Å². The second-order valence-corrected chi connectivity index (χ2v) is 7.65. The highest BCUT2D eigenvalue weighted by atomic mass is 16.3. The van der Waals surface area contributed by atoms with Crippen LogP contribution in [0.15, 0.2) is 46.0 Å². The standard InChI is InChI=1S/C22H33N5O/c1-4-23-22(24-14-18(3)27-12-10-17(2)11-13-27)25-15-20-16-28-21(26-20)19-8-6-5-7-9-19/h5-9,16-18H,4,10-15H2,1-3H3,(H2,23,24,25). The molecule has 152 valence electrons. The molecule has 0 spiro atoms. The van der Waals surface area contributed by atoms with Gasteiger partial charge in [0.25, 0.3) is 0 Å². The number of oxazole rings is 1. The van der Waals surface area contributed by atoms with E-state index in [2.05, 4.69) is 46.3 Å². The molecule has 3 rings (SSSR count). The van der Waals surface area contributed by atoms with E-state index < -0.39 is 0 Å². The van der Waals surface area contributed by atoms with E-state index in [1.54, 1.807) is 6.26 Å². The molecule has 28 heavy (non-hydrogen) atoms. The molecule has 2 heterocycles. The lowest BCUT2D eigenvalue weighted by molar-refractivity contribution is 0.147. The van der Waals surface area contributed by atoms with Gasteiger partial charge in [0.15, 0.2) is 5.96 Å². The Morgan fingerprint density at radius 3 is 2.71 bits per heavy atom. The Morgan fingerprint density at radius 2 is 2.00 bits per heavy atom. The van der Waals surface area contributed by atoms with Gasteiger partial charge in [0.05, 0.1) is 6.54 Å². The molecule has 0 bridgehead atoms. The molecule has 1 saturated heterocycles. The highest BCUT2D eigenvalue weighted by molar-refractivity contribution is 5.79. The summed E-state index contributed by atoms with van der Waals surface area (Å²) in [4.78, 5) is 11.8. The summed E-state index contributed by atoms with van der Waals surface area (Å²) in [6.07, 6.45) is 4.29. The molecule has 2 N–H and O–H groups in total. The van der Waals surface area contributed by atoms with Gasteiger partial charge in [0, 0.05) is 24.7 Å². The molecule has 6 nitrogen and oxygen atoms in total. The number of guanidine groups is 1. The lowest BCUT2D eigenvalue weighted by Gasteiger charge is -2.35. The summed E-state index contributed by atoms with van der Waals surface area (Å²) in [6.45, 7) is 11.3. The maximum Gasteiger partial charge on any atom is 0.226 e. The summed E-state index contributed by atoms with van der Waals surface area (Å²) in [6, 6.07) is 10.4. The minimum atomic E-state index is 0.487. The molecule has 1 aliphatic rings. The monoisotopic (exact) mass is 383 g/mol. The minimum absolute atomic E-state index is 0.487. The fourth-order valence-corrected chi connectivity index (χ4v) is 3.44. The van der Waals surface area contributed by atoms with E-state index in [1.807, 2.05) is 30.3 Å². The Morgan fingerprint density at radius 1 is 1.25 bits per heavy atom. The van der Waals surface area contributed by atoms with E-state index in [9.17, 15) is 0 Å². The Bertz CT molecular complexity index is 734. The smallest absolute Gasteiger partial charge is 0.226 e. The van der Waals surface area contributed by atoms with Crippen LogP contribution < -0.4 is 10.6 Å². The summed E-state index contributed by atoms with van der Waals surface area (Å²) in [5.41, 5.74) is 1.81. The zero-order valence-corrected chi connectivity index (χ0v) is 17.3. The van der Waals surface area contributed by atoms with Gasteiger partial charge in [0.1, 0.15) is 12.0 Å². The van der Waals surface area contributed by atoms with Crippen molar-refractivity contribution in [3.8, 4) is 11.5 Å². The highest BCUT2D eigenvalue weighted by Gasteiger charge is 2.20. The van der Waals surface area contributed by atoms with Gasteiger partial charge < -0.3 is 15.1 Å². The van der Waals surface area contributed by atoms with E-state index in [0.717, 1.165) is 36.2 Å². The van der Waals surface area contributed by atoms with Crippen molar-refractivity contribution in [2.75, 3.05) is 26.2 Å². The quantitative estimate of drug-likeness (QED) is 0.566. The van der Waals surface area contributed by atoms with E-state index in [4.69, 9.17) is 4.42 Å². The zero-order chi connectivity index (χ0) is 19.8. The number of likely N-dealkylation sites (tertiary alicyclic amines) is 1. The van der Waals surface area contributed by atoms with Crippen LogP contribution in [-0.2, 0) is 6.54 Å². The third-order valence-corrected chi connectivity index (χ3v) is 5.32. The van der Waals surface area contributed by atoms with Crippen LogP contribution in [0.25, 0.3) is 11.5 Å². The number of nitrogens with zero attached hydrogens (tertiary/aromatic N) is 3. The lowest BCUT2D eigenvalue weighted by Crippen LogP contribution is -2.48. The van der Waals surface area contributed by atoms with Crippen LogP contribution in [0.3, 0.4) is 0 Å². The molecule has 1 atom stereocenters. The summed E-state index contributed by atoms with van der Waals surface area (Å²) in [7, 11) is 0. The molecule has 0 saturated carbocycles. The molecule has 1 fully saturated rings. The molecule has 1 aliphatic heterocycles. The van der Waals surface area contributed by atoms with Crippen LogP contribution >= 0.6 is 0 Å². The molecule has 1 aromatic carbocycles. The molecule has 0 aliphatic carbocycles. The van der Waals surface area contributed by atoms with Crippen molar-refractivity contribution < 1.29 is 4.42 Å². The predicted octanol–water partition coefficient (Wildman–Crippen LogP) is 3.52. The van der Waals surface area contributed by atoms with E-state index in [-0.39, 0.29) is 0 Å². The summed E-state index contributed by atoms with van der Waals surface area (Å²) < 4.78 is 5.60. The molecule has 0 radical (unpaired) electrons.